The average Bonchev–Trinajstić information content (AvgIpc) is 3.29. The molecule has 6 nitrogen and oxygen atoms in total. The van der Waals surface area contributed by atoms with Crippen LogP contribution in [-0.4, -0.2) is 63.8 Å². The third-order valence-electron chi connectivity index (χ3n) is 12.2. The lowest BCUT2D eigenvalue weighted by Gasteiger charge is -2.55. The van der Waals surface area contributed by atoms with Crippen LogP contribution in [-0.2, 0) is 9.47 Å². The Balaban J connectivity index is 1.29. The van der Waals surface area contributed by atoms with Crippen LogP contribution in [0.15, 0.2) is 35.5 Å². The zero-order valence-corrected chi connectivity index (χ0v) is 25.5. The second-order valence-electron chi connectivity index (χ2n) is 14.7. The van der Waals surface area contributed by atoms with Crippen molar-refractivity contribution in [2.45, 2.75) is 123 Å². The summed E-state index contributed by atoms with van der Waals surface area (Å²) in [6.45, 7) is 14.0. The van der Waals surface area contributed by atoms with Gasteiger partial charge in [0.25, 0.3) is 0 Å². The summed E-state index contributed by atoms with van der Waals surface area (Å²) in [6, 6.07) is 0. The Labute approximate surface area is 241 Å². The number of aliphatic hydroxyl groups excluding tert-OH is 4. The van der Waals surface area contributed by atoms with Gasteiger partial charge in [-0.2, -0.15) is 0 Å². The van der Waals surface area contributed by atoms with Crippen molar-refractivity contribution < 1.29 is 29.9 Å². The molecule has 6 heteroatoms. The molecule has 1 saturated heterocycles. The van der Waals surface area contributed by atoms with E-state index >= 15 is 0 Å². The smallest absolute Gasteiger partial charge is 0.186 e. The molecule has 0 spiro atoms. The molecular weight excluding hydrogens is 504 g/mol. The number of ether oxygens (including phenoxy) is 2. The molecule has 5 aliphatic rings. The Hall–Kier alpha value is -1.02. The first kappa shape index (κ1) is 30.4. The van der Waals surface area contributed by atoms with Crippen molar-refractivity contribution in [3.05, 3.63) is 35.5 Å². The Morgan fingerprint density at radius 3 is 2.38 bits per heavy atom. The molecule has 1 aliphatic heterocycles. The molecule has 0 amide bonds. The van der Waals surface area contributed by atoms with E-state index in [0.29, 0.717) is 35.0 Å². The maximum atomic E-state index is 10.5. The van der Waals surface area contributed by atoms with E-state index in [1.807, 2.05) is 0 Å². The monoisotopic (exact) mass is 558 g/mol. The van der Waals surface area contributed by atoms with Crippen LogP contribution < -0.4 is 0 Å². The summed E-state index contributed by atoms with van der Waals surface area (Å²) >= 11 is 0. The van der Waals surface area contributed by atoms with Crippen molar-refractivity contribution in [3.63, 3.8) is 0 Å². The molecule has 5 rings (SSSR count). The maximum absolute atomic E-state index is 10.5. The molecule has 0 bridgehead atoms. The highest BCUT2D eigenvalue weighted by atomic mass is 16.7. The average molecular weight is 559 g/mol. The molecule has 0 radical (unpaired) electrons. The lowest BCUT2D eigenvalue weighted by molar-refractivity contribution is -0.312. The van der Waals surface area contributed by atoms with Crippen LogP contribution >= 0.6 is 0 Å². The van der Waals surface area contributed by atoms with E-state index in [1.54, 1.807) is 5.57 Å². The fourth-order valence-corrected chi connectivity index (χ4v) is 9.07. The normalized spacial score (nSPS) is 46.8. The third kappa shape index (κ3) is 5.20. The quantitative estimate of drug-likeness (QED) is 0.323. The fourth-order valence-electron chi connectivity index (χ4n) is 9.07. The van der Waals surface area contributed by atoms with Crippen molar-refractivity contribution in [3.8, 4) is 0 Å². The van der Waals surface area contributed by atoms with Crippen molar-refractivity contribution in [1.29, 1.82) is 0 Å². The van der Waals surface area contributed by atoms with Crippen molar-refractivity contribution in [2.24, 2.45) is 46.3 Å². The van der Waals surface area contributed by atoms with Gasteiger partial charge in [0.1, 0.15) is 24.4 Å². The molecule has 4 aliphatic carbocycles. The van der Waals surface area contributed by atoms with Gasteiger partial charge in [-0.3, -0.25) is 0 Å². The molecular formula is C34H54O6. The molecule has 40 heavy (non-hydrogen) atoms. The van der Waals surface area contributed by atoms with Crippen LogP contribution in [0.4, 0.5) is 0 Å². The van der Waals surface area contributed by atoms with Crippen molar-refractivity contribution in [2.75, 3.05) is 6.61 Å². The van der Waals surface area contributed by atoms with Gasteiger partial charge in [-0.05, 0) is 91.3 Å². The predicted octanol–water partition coefficient (Wildman–Crippen LogP) is 5.16. The SMILES string of the molecule is CC(C)[C@@H](C)C=C[C@@H](C)[C@H]1CC[C@H]2C3=CC=C4C[C@@H](O[C@@H]5O[C@H](CO)[C@@H](O)[C@H](O)[C@H]5O)CC[C@]4(C)[C@H]3CC[C@]12C. The van der Waals surface area contributed by atoms with Gasteiger partial charge in [-0.25, -0.2) is 0 Å². The molecule has 0 aromatic rings. The zero-order valence-electron chi connectivity index (χ0n) is 25.5. The van der Waals surface area contributed by atoms with E-state index in [2.05, 4.69) is 65.8 Å². The molecule has 1 heterocycles. The molecule has 0 aromatic heterocycles. The standard InChI is InChI=1S/C34H54O6/c1-19(2)20(3)7-8-21(4)25-11-12-26-24-10-9-22-17-23(13-15-33(22,5)27(24)14-16-34(25,26)6)39-32-31(38)30(37)29(36)28(18-35)40-32/h7-10,19-21,23,25-32,35-38H,11-18H2,1-6H3/t20-,21+,23-,25+,26-,27-,28+,29+,30-,31+,32+,33-,34+/m0/s1. The molecule has 13 atom stereocenters. The molecule has 0 aromatic carbocycles. The Kier molecular flexibility index (Phi) is 8.81. The largest absolute Gasteiger partial charge is 0.394 e. The predicted molar refractivity (Wildman–Crippen MR) is 156 cm³/mol. The highest BCUT2D eigenvalue weighted by Crippen LogP contribution is 2.66. The third-order valence-corrected chi connectivity index (χ3v) is 12.2. The molecule has 4 fully saturated rings. The van der Waals surface area contributed by atoms with Crippen LogP contribution in [0.2, 0.25) is 0 Å². The minimum Gasteiger partial charge on any atom is -0.394 e. The minimum absolute atomic E-state index is 0.122. The second kappa shape index (κ2) is 11.6. The first-order valence-corrected chi connectivity index (χ1v) is 16.0. The van der Waals surface area contributed by atoms with Crippen LogP contribution in [0.3, 0.4) is 0 Å². The van der Waals surface area contributed by atoms with E-state index in [9.17, 15) is 20.4 Å². The summed E-state index contributed by atoms with van der Waals surface area (Å²) in [5.74, 6) is 3.87. The van der Waals surface area contributed by atoms with Gasteiger partial charge in [0.2, 0.25) is 0 Å². The number of allylic oxidation sites excluding steroid dienone is 5. The zero-order chi connectivity index (χ0) is 29.0. The van der Waals surface area contributed by atoms with E-state index in [0.717, 1.165) is 25.2 Å². The van der Waals surface area contributed by atoms with Gasteiger partial charge >= 0.3 is 0 Å². The summed E-state index contributed by atoms with van der Waals surface area (Å²) in [6.07, 6.45) is 11.3. The number of aliphatic hydroxyl groups is 4. The minimum atomic E-state index is -1.41. The van der Waals surface area contributed by atoms with Crippen LogP contribution in [0.5, 0.6) is 0 Å². The van der Waals surface area contributed by atoms with Gasteiger partial charge < -0.3 is 29.9 Å². The van der Waals surface area contributed by atoms with E-state index in [1.165, 1.54) is 31.3 Å². The number of fused-ring (bicyclic) bond motifs is 5. The van der Waals surface area contributed by atoms with Gasteiger partial charge in [0.15, 0.2) is 6.29 Å². The van der Waals surface area contributed by atoms with E-state index < -0.39 is 37.3 Å². The number of hydrogen-bond donors (Lipinski definition) is 4. The highest BCUT2D eigenvalue weighted by Gasteiger charge is 2.57. The van der Waals surface area contributed by atoms with Gasteiger partial charge in [0.05, 0.1) is 12.7 Å². The topological polar surface area (TPSA) is 99.4 Å². The first-order chi connectivity index (χ1) is 18.9. The number of rotatable bonds is 7. The lowest BCUT2D eigenvalue weighted by atomic mass is 9.50. The van der Waals surface area contributed by atoms with E-state index in [4.69, 9.17) is 9.47 Å². The first-order valence-electron chi connectivity index (χ1n) is 16.0. The van der Waals surface area contributed by atoms with Crippen LogP contribution in [0.1, 0.15) is 86.5 Å². The van der Waals surface area contributed by atoms with Gasteiger partial charge in [0, 0.05) is 0 Å². The second-order valence-corrected chi connectivity index (χ2v) is 14.7. The lowest BCUT2D eigenvalue weighted by Crippen LogP contribution is -2.60. The summed E-state index contributed by atoms with van der Waals surface area (Å²) in [4.78, 5) is 0. The van der Waals surface area contributed by atoms with Crippen LogP contribution in [0, 0.1) is 46.3 Å². The van der Waals surface area contributed by atoms with Gasteiger partial charge in [-0.1, -0.05) is 77.0 Å². The molecule has 3 saturated carbocycles. The molecule has 0 unspecified atom stereocenters. The Bertz CT molecular complexity index is 1000. The summed E-state index contributed by atoms with van der Waals surface area (Å²) in [5, 5.41) is 40.3. The summed E-state index contributed by atoms with van der Waals surface area (Å²) < 4.78 is 11.8. The van der Waals surface area contributed by atoms with Crippen molar-refractivity contribution in [1.82, 2.24) is 0 Å². The van der Waals surface area contributed by atoms with E-state index in [-0.39, 0.29) is 11.5 Å². The molecule has 4 N–H and O–H groups in total. The highest BCUT2D eigenvalue weighted by molar-refractivity contribution is 5.39. The van der Waals surface area contributed by atoms with Crippen molar-refractivity contribution >= 4 is 0 Å². The van der Waals surface area contributed by atoms with Gasteiger partial charge in [-0.15, -0.1) is 0 Å². The molecule has 226 valence electrons. The Morgan fingerprint density at radius 1 is 0.925 bits per heavy atom. The number of hydrogen-bond acceptors (Lipinski definition) is 6. The van der Waals surface area contributed by atoms with Crippen LogP contribution in [0.25, 0.3) is 0 Å². The summed E-state index contributed by atoms with van der Waals surface area (Å²) in [5.41, 5.74) is 3.58. The summed E-state index contributed by atoms with van der Waals surface area (Å²) in [7, 11) is 0. The maximum Gasteiger partial charge on any atom is 0.186 e. The Morgan fingerprint density at radius 2 is 1.68 bits per heavy atom. The fraction of sp³-hybridized carbons (Fsp3) is 0.824.